The molecule has 0 spiro atoms. The molecule has 1 aliphatic heterocycles. The van der Waals surface area contributed by atoms with Crippen LogP contribution in [0.5, 0.6) is 11.5 Å². The highest BCUT2D eigenvalue weighted by Gasteiger charge is 2.36. The maximum Gasteiger partial charge on any atom is 0.298 e. The zero-order valence-electron chi connectivity index (χ0n) is 17.6. The highest BCUT2D eigenvalue weighted by Crippen LogP contribution is 2.40. The maximum absolute atomic E-state index is 12.9. The average molecular weight is 500 g/mol. The molecule has 1 saturated heterocycles. The van der Waals surface area contributed by atoms with E-state index < -0.39 is 0 Å². The molecular formula is C25H19Cl2NO4S. The van der Waals surface area contributed by atoms with Gasteiger partial charge in [0, 0.05) is 10.6 Å². The van der Waals surface area contributed by atoms with Gasteiger partial charge in [-0.3, -0.25) is 9.59 Å². The van der Waals surface area contributed by atoms with Crippen LogP contribution in [-0.2, 0) is 11.4 Å². The van der Waals surface area contributed by atoms with E-state index in [1.807, 2.05) is 31.2 Å². The summed E-state index contributed by atoms with van der Waals surface area (Å²) in [6.07, 6.45) is 1.63. The van der Waals surface area contributed by atoms with Crippen LogP contribution >= 0.6 is 35.0 Å². The Labute approximate surface area is 205 Å². The van der Waals surface area contributed by atoms with Gasteiger partial charge in [-0.25, -0.2) is 4.90 Å². The summed E-state index contributed by atoms with van der Waals surface area (Å²) in [5.41, 5.74) is 1.96. The molecule has 0 aromatic heterocycles. The summed E-state index contributed by atoms with van der Waals surface area (Å²) < 4.78 is 11.7. The van der Waals surface area contributed by atoms with Gasteiger partial charge in [0.05, 0.1) is 22.2 Å². The van der Waals surface area contributed by atoms with Crippen LogP contribution in [-0.4, -0.2) is 17.8 Å². The molecule has 0 unspecified atom stereocenters. The Kier molecular flexibility index (Phi) is 7.28. The van der Waals surface area contributed by atoms with Crippen LogP contribution in [0.4, 0.5) is 10.5 Å². The van der Waals surface area contributed by atoms with Crippen molar-refractivity contribution in [1.29, 1.82) is 0 Å². The molecule has 1 heterocycles. The Morgan fingerprint density at radius 1 is 0.939 bits per heavy atom. The van der Waals surface area contributed by atoms with Crippen LogP contribution in [0.3, 0.4) is 0 Å². The lowest BCUT2D eigenvalue weighted by atomic mass is 10.1. The van der Waals surface area contributed by atoms with E-state index in [2.05, 4.69) is 0 Å². The molecule has 4 rings (SSSR count). The zero-order valence-corrected chi connectivity index (χ0v) is 19.9. The lowest BCUT2D eigenvalue weighted by Crippen LogP contribution is -2.27. The van der Waals surface area contributed by atoms with E-state index in [-0.39, 0.29) is 17.8 Å². The number of halogens is 2. The molecular weight excluding hydrogens is 481 g/mol. The van der Waals surface area contributed by atoms with Crippen LogP contribution in [0, 0.1) is 0 Å². The molecule has 1 aliphatic rings. The molecule has 33 heavy (non-hydrogen) atoms. The SMILES string of the molecule is CCOc1cc(/C=C2\SC(=O)N(c3ccccc3)C2=O)cc(Cl)c1OCc1ccccc1Cl. The molecule has 0 atom stereocenters. The van der Waals surface area contributed by atoms with Crippen LogP contribution in [0.1, 0.15) is 18.1 Å². The number of para-hydroxylation sites is 1. The summed E-state index contributed by atoms with van der Waals surface area (Å²) in [7, 11) is 0. The number of hydrogen-bond donors (Lipinski definition) is 0. The standard InChI is InChI=1S/C25H19Cl2NO4S/c1-2-31-21-13-16(12-20(27)23(21)32-15-17-8-6-7-11-19(17)26)14-22-24(29)28(25(30)33-22)18-9-4-3-5-10-18/h3-14H,2,15H2,1H3/b22-14-. The van der Waals surface area contributed by atoms with Gasteiger partial charge >= 0.3 is 0 Å². The Balaban J connectivity index is 1.61. The molecule has 0 aliphatic carbocycles. The Morgan fingerprint density at radius 3 is 2.39 bits per heavy atom. The quantitative estimate of drug-likeness (QED) is 0.321. The molecule has 5 nitrogen and oxygen atoms in total. The molecule has 3 aromatic rings. The second kappa shape index (κ2) is 10.3. The number of thioether (sulfide) groups is 1. The molecule has 0 saturated carbocycles. The number of rotatable bonds is 7. The third-order valence-electron chi connectivity index (χ3n) is 4.77. The first-order chi connectivity index (χ1) is 16.0. The van der Waals surface area contributed by atoms with Gasteiger partial charge in [-0.15, -0.1) is 0 Å². The van der Waals surface area contributed by atoms with Crippen molar-refractivity contribution in [1.82, 2.24) is 0 Å². The number of carbonyl (C=O) groups excluding carboxylic acids is 2. The van der Waals surface area contributed by atoms with E-state index in [9.17, 15) is 9.59 Å². The number of benzene rings is 3. The Morgan fingerprint density at radius 2 is 1.67 bits per heavy atom. The predicted molar refractivity (Wildman–Crippen MR) is 133 cm³/mol. The van der Waals surface area contributed by atoms with Gasteiger partial charge in [0.25, 0.3) is 11.1 Å². The van der Waals surface area contributed by atoms with Gasteiger partial charge < -0.3 is 9.47 Å². The van der Waals surface area contributed by atoms with Crippen molar-refractivity contribution in [2.45, 2.75) is 13.5 Å². The fourth-order valence-corrected chi connectivity index (χ4v) is 4.56. The monoisotopic (exact) mass is 499 g/mol. The van der Waals surface area contributed by atoms with Crippen LogP contribution in [0.2, 0.25) is 10.0 Å². The minimum absolute atomic E-state index is 0.217. The minimum Gasteiger partial charge on any atom is -0.490 e. The third-order valence-corrected chi connectivity index (χ3v) is 6.29. The van der Waals surface area contributed by atoms with E-state index in [0.29, 0.717) is 44.3 Å². The summed E-state index contributed by atoms with van der Waals surface area (Å²) in [5.74, 6) is 0.433. The summed E-state index contributed by atoms with van der Waals surface area (Å²) in [5, 5.41) is 0.562. The van der Waals surface area contributed by atoms with Crippen molar-refractivity contribution in [3.63, 3.8) is 0 Å². The first-order valence-electron chi connectivity index (χ1n) is 10.1. The van der Waals surface area contributed by atoms with Crippen molar-refractivity contribution >= 4 is 57.9 Å². The van der Waals surface area contributed by atoms with Gasteiger partial charge in [-0.1, -0.05) is 59.6 Å². The molecule has 3 aromatic carbocycles. The van der Waals surface area contributed by atoms with Gasteiger partial charge in [-0.05, 0) is 60.7 Å². The summed E-state index contributed by atoms with van der Waals surface area (Å²) in [6.45, 7) is 2.46. The van der Waals surface area contributed by atoms with Crippen molar-refractivity contribution in [3.05, 3.63) is 92.8 Å². The number of anilines is 1. The van der Waals surface area contributed by atoms with E-state index in [1.54, 1.807) is 48.5 Å². The molecule has 0 bridgehead atoms. The lowest BCUT2D eigenvalue weighted by molar-refractivity contribution is -0.113. The second-order valence-electron chi connectivity index (χ2n) is 7.00. The largest absolute Gasteiger partial charge is 0.490 e. The molecule has 2 amide bonds. The molecule has 1 fully saturated rings. The number of hydrogen-bond acceptors (Lipinski definition) is 5. The fourth-order valence-electron chi connectivity index (χ4n) is 3.26. The third kappa shape index (κ3) is 5.19. The summed E-state index contributed by atoms with van der Waals surface area (Å²) in [6, 6.07) is 19.6. The highest BCUT2D eigenvalue weighted by atomic mass is 35.5. The van der Waals surface area contributed by atoms with Crippen molar-refractivity contribution < 1.29 is 19.1 Å². The first-order valence-corrected chi connectivity index (χ1v) is 11.7. The maximum atomic E-state index is 12.9. The van der Waals surface area contributed by atoms with Crippen LogP contribution in [0.15, 0.2) is 71.6 Å². The summed E-state index contributed by atoms with van der Waals surface area (Å²) >= 11 is 13.6. The van der Waals surface area contributed by atoms with Gasteiger partial charge in [0.15, 0.2) is 11.5 Å². The van der Waals surface area contributed by atoms with Crippen LogP contribution < -0.4 is 14.4 Å². The number of nitrogens with zero attached hydrogens (tertiary/aromatic N) is 1. The van der Waals surface area contributed by atoms with Crippen molar-refractivity contribution in [2.24, 2.45) is 0 Å². The first kappa shape index (κ1) is 23.2. The van der Waals surface area contributed by atoms with Crippen molar-refractivity contribution in [2.75, 3.05) is 11.5 Å². The van der Waals surface area contributed by atoms with E-state index in [4.69, 9.17) is 32.7 Å². The molecule has 0 radical (unpaired) electrons. The minimum atomic E-state index is -0.385. The number of ether oxygens (including phenoxy) is 2. The molecule has 8 heteroatoms. The zero-order chi connectivity index (χ0) is 23.4. The number of imide groups is 1. The smallest absolute Gasteiger partial charge is 0.298 e. The van der Waals surface area contributed by atoms with E-state index in [1.165, 1.54) is 0 Å². The molecule has 168 valence electrons. The average Bonchev–Trinajstić information content (AvgIpc) is 3.07. The topological polar surface area (TPSA) is 55.8 Å². The highest BCUT2D eigenvalue weighted by molar-refractivity contribution is 8.19. The fraction of sp³-hybridized carbons (Fsp3) is 0.120. The Bertz CT molecular complexity index is 1230. The van der Waals surface area contributed by atoms with E-state index in [0.717, 1.165) is 22.2 Å². The normalized spacial score (nSPS) is 14.8. The van der Waals surface area contributed by atoms with Gasteiger partial charge in [-0.2, -0.15) is 0 Å². The van der Waals surface area contributed by atoms with Crippen LogP contribution in [0.25, 0.3) is 6.08 Å². The van der Waals surface area contributed by atoms with Gasteiger partial charge in [0.2, 0.25) is 0 Å². The number of amides is 2. The number of carbonyl (C=O) groups is 2. The van der Waals surface area contributed by atoms with Gasteiger partial charge in [0.1, 0.15) is 6.61 Å². The Hall–Kier alpha value is -2.93. The molecule has 0 N–H and O–H groups in total. The van der Waals surface area contributed by atoms with Crippen molar-refractivity contribution in [3.8, 4) is 11.5 Å². The lowest BCUT2D eigenvalue weighted by Gasteiger charge is -2.15. The summed E-state index contributed by atoms with van der Waals surface area (Å²) in [4.78, 5) is 26.8. The predicted octanol–water partition coefficient (Wildman–Crippen LogP) is 7.21. The van der Waals surface area contributed by atoms with E-state index >= 15 is 0 Å². The second-order valence-corrected chi connectivity index (χ2v) is 8.80.